The van der Waals surface area contributed by atoms with Crippen LogP contribution >= 0.6 is 0 Å². The van der Waals surface area contributed by atoms with Crippen LogP contribution in [-0.4, -0.2) is 23.7 Å². The number of hydrogen-bond donors (Lipinski definition) is 1. The molecule has 1 saturated carbocycles. The SMILES string of the molecule is CC.CCCCCOC1(C)CCC[C@H](CNc2cc(C#N)ccc2[N+](=O)[O-])C1. The van der Waals surface area contributed by atoms with Gasteiger partial charge in [-0.05, 0) is 50.7 Å². The molecular weight excluding hydrogens is 354 g/mol. The predicted octanol–water partition coefficient (Wildman–Crippen LogP) is 6.06. The number of nitrogens with zero attached hydrogens (tertiary/aromatic N) is 2. The van der Waals surface area contributed by atoms with Gasteiger partial charge in [-0.25, -0.2) is 0 Å². The zero-order valence-corrected chi connectivity index (χ0v) is 17.8. The average molecular weight is 390 g/mol. The van der Waals surface area contributed by atoms with E-state index in [1.54, 1.807) is 6.07 Å². The highest BCUT2D eigenvalue weighted by molar-refractivity contribution is 5.64. The van der Waals surface area contributed by atoms with Gasteiger partial charge >= 0.3 is 0 Å². The van der Waals surface area contributed by atoms with Crippen LogP contribution in [-0.2, 0) is 4.74 Å². The van der Waals surface area contributed by atoms with Crippen molar-refractivity contribution in [2.45, 2.75) is 78.2 Å². The van der Waals surface area contributed by atoms with Gasteiger partial charge in [-0.2, -0.15) is 5.26 Å². The van der Waals surface area contributed by atoms with Gasteiger partial charge in [0.05, 0.1) is 22.2 Å². The van der Waals surface area contributed by atoms with Crippen molar-refractivity contribution < 1.29 is 9.66 Å². The van der Waals surface area contributed by atoms with Crippen LogP contribution in [0.3, 0.4) is 0 Å². The monoisotopic (exact) mass is 389 g/mol. The van der Waals surface area contributed by atoms with Crippen molar-refractivity contribution in [3.05, 3.63) is 33.9 Å². The van der Waals surface area contributed by atoms with Gasteiger partial charge in [-0.1, -0.05) is 40.0 Å². The van der Waals surface area contributed by atoms with Crippen molar-refractivity contribution in [2.24, 2.45) is 5.92 Å². The Morgan fingerprint density at radius 3 is 2.79 bits per heavy atom. The molecule has 2 atom stereocenters. The number of anilines is 1. The molecule has 156 valence electrons. The lowest BCUT2D eigenvalue weighted by molar-refractivity contribution is -0.384. The maximum atomic E-state index is 11.2. The summed E-state index contributed by atoms with van der Waals surface area (Å²) in [5.41, 5.74) is 0.758. The second kappa shape index (κ2) is 12.4. The highest BCUT2D eigenvalue weighted by atomic mass is 16.6. The van der Waals surface area contributed by atoms with Crippen molar-refractivity contribution in [3.63, 3.8) is 0 Å². The van der Waals surface area contributed by atoms with E-state index < -0.39 is 4.92 Å². The third-order valence-corrected chi connectivity index (χ3v) is 5.14. The Balaban J connectivity index is 0.00000190. The molecule has 1 N–H and O–H groups in total. The Morgan fingerprint density at radius 2 is 2.14 bits per heavy atom. The highest BCUT2D eigenvalue weighted by Crippen LogP contribution is 2.36. The molecule has 2 rings (SSSR count). The highest BCUT2D eigenvalue weighted by Gasteiger charge is 2.33. The van der Waals surface area contributed by atoms with Gasteiger partial charge in [0.25, 0.3) is 5.69 Å². The van der Waals surface area contributed by atoms with Gasteiger partial charge < -0.3 is 10.1 Å². The number of nitrogens with one attached hydrogen (secondary N) is 1. The van der Waals surface area contributed by atoms with Crippen molar-refractivity contribution in [3.8, 4) is 6.07 Å². The molecule has 1 unspecified atom stereocenters. The Labute approximate surface area is 169 Å². The Hall–Kier alpha value is -2.13. The molecule has 0 bridgehead atoms. The summed E-state index contributed by atoms with van der Waals surface area (Å²) in [5, 5.41) is 23.4. The van der Waals surface area contributed by atoms with Crippen LogP contribution in [0.1, 0.15) is 78.2 Å². The van der Waals surface area contributed by atoms with E-state index >= 15 is 0 Å². The number of nitriles is 1. The van der Waals surface area contributed by atoms with Gasteiger partial charge in [-0.3, -0.25) is 10.1 Å². The summed E-state index contributed by atoms with van der Waals surface area (Å²) in [6.45, 7) is 9.83. The predicted molar refractivity (Wildman–Crippen MR) is 113 cm³/mol. The number of nitro groups is 1. The van der Waals surface area contributed by atoms with Gasteiger partial charge in [0.15, 0.2) is 0 Å². The smallest absolute Gasteiger partial charge is 0.292 e. The molecule has 1 aliphatic rings. The Morgan fingerprint density at radius 1 is 1.39 bits per heavy atom. The Bertz CT molecular complexity index is 657. The second-order valence-electron chi connectivity index (χ2n) is 7.45. The van der Waals surface area contributed by atoms with Gasteiger partial charge in [0.2, 0.25) is 0 Å². The van der Waals surface area contributed by atoms with Crippen LogP contribution in [0.5, 0.6) is 0 Å². The second-order valence-corrected chi connectivity index (χ2v) is 7.45. The van der Waals surface area contributed by atoms with Crippen molar-refractivity contribution >= 4 is 11.4 Å². The van der Waals surface area contributed by atoms with Crippen molar-refractivity contribution in [1.29, 1.82) is 5.26 Å². The minimum Gasteiger partial charge on any atom is -0.379 e. The number of nitro benzene ring substituents is 1. The molecule has 1 fully saturated rings. The summed E-state index contributed by atoms with van der Waals surface area (Å²) in [4.78, 5) is 10.8. The van der Waals surface area contributed by atoms with Crippen LogP contribution < -0.4 is 5.32 Å². The van der Waals surface area contributed by atoms with Crippen LogP contribution in [0.15, 0.2) is 18.2 Å². The fourth-order valence-corrected chi connectivity index (χ4v) is 3.72. The molecule has 6 nitrogen and oxygen atoms in total. The molecule has 1 aromatic carbocycles. The van der Waals surface area contributed by atoms with Gasteiger partial charge in [-0.15, -0.1) is 0 Å². The molecule has 28 heavy (non-hydrogen) atoms. The van der Waals surface area contributed by atoms with Crippen LogP contribution in [0, 0.1) is 27.4 Å². The molecule has 0 amide bonds. The maximum absolute atomic E-state index is 11.2. The fraction of sp³-hybridized carbons (Fsp3) is 0.682. The normalized spacial score (nSPS) is 21.2. The number of ether oxygens (including phenoxy) is 1. The number of rotatable bonds is 9. The standard InChI is InChI=1S/C20H29N3O3.C2H6/c1-3-4-5-11-26-20(2)10-6-7-17(13-20)15-22-18-12-16(14-21)8-9-19(18)23(24)25;1-2/h8-9,12,17,22H,3-7,10-11,13,15H2,1-2H3;1-2H3/t17-,20?;/m0./s1. The number of hydrogen-bond acceptors (Lipinski definition) is 5. The molecule has 0 radical (unpaired) electrons. The summed E-state index contributed by atoms with van der Waals surface area (Å²) in [6.07, 6.45) is 7.70. The van der Waals surface area contributed by atoms with E-state index in [9.17, 15) is 10.1 Å². The van der Waals surface area contributed by atoms with Crippen LogP contribution in [0.2, 0.25) is 0 Å². The average Bonchev–Trinajstić information content (AvgIpc) is 2.71. The summed E-state index contributed by atoms with van der Waals surface area (Å²) < 4.78 is 6.17. The summed E-state index contributed by atoms with van der Waals surface area (Å²) >= 11 is 0. The van der Waals surface area contributed by atoms with E-state index in [-0.39, 0.29) is 11.3 Å². The quantitative estimate of drug-likeness (QED) is 0.315. The summed E-state index contributed by atoms with van der Waals surface area (Å²) in [5.74, 6) is 0.408. The van der Waals surface area contributed by atoms with Crippen LogP contribution in [0.4, 0.5) is 11.4 Å². The fourth-order valence-electron chi connectivity index (χ4n) is 3.72. The molecule has 0 saturated heterocycles. The number of benzene rings is 1. The minimum atomic E-state index is -0.411. The molecule has 0 aliphatic heterocycles. The van der Waals surface area contributed by atoms with Crippen LogP contribution in [0.25, 0.3) is 0 Å². The largest absolute Gasteiger partial charge is 0.379 e. The van der Waals surface area contributed by atoms with E-state index in [1.165, 1.54) is 25.0 Å². The molecular formula is C22H35N3O3. The first-order valence-corrected chi connectivity index (χ1v) is 10.5. The van der Waals surface area contributed by atoms with Gasteiger partial charge in [0, 0.05) is 19.2 Å². The molecule has 0 aromatic heterocycles. The van der Waals surface area contributed by atoms with E-state index in [0.717, 1.165) is 38.7 Å². The van der Waals surface area contributed by atoms with E-state index in [2.05, 4.69) is 19.2 Å². The van der Waals surface area contributed by atoms with E-state index in [1.807, 2.05) is 19.9 Å². The third-order valence-electron chi connectivity index (χ3n) is 5.14. The molecule has 0 heterocycles. The molecule has 6 heteroatoms. The zero-order valence-electron chi connectivity index (χ0n) is 17.8. The lowest BCUT2D eigenvalue weighted by Crippen LogP contribution is -2.37. The topological polar surface area (TPSA) is 88.2 Å². The lowest BCUT2D eigenvalue weighted by atomic mass is 9.79. The first-order valence-electron chi connectivity index (χ1n) is 10.5. The van der Waals surface area contributed by atoms with E-state index in [0.29, 0.717) is 23.7 Å². The number of unbranched alkanes of at least 4 members (excludes halogenated alkanes) is 2. The van der Waals surface area contributed by atoms with Crippen molar-refractivity contribution in [2.75, 3.05) is 18.5 Å². The molecule has 0 spiro atoms. The first kappa shape index (κ1) is 23.9. The molecule has 1 aromatic rings. The minimum absolute atomic E-state index is 0.0124. The zero-order chi connectivity index (χ0) is 21.0. The summed E-state index contributed by atoms with van der Waals surface area (Å²) in [6, 6.07) is 6.46. The summed E-state index contributed by atoms with van der Waals surface area (Å²) in [7, 11) is 0. The molecule has 1 aliphatic carbocycles. The van der Waals surface area contributed by atoms with Crippen molar-refractivity contribution in [1.82, 2.24) is 0 Å². The van der Waals surface area contributed by atoms with Gasteiger partial charge in [0.1, 0.15) is 5.69 Å². The lowest BCUT2D eigenvalue weighted by Gasteiger charge is -2.38. The first-order chi connectivity index (χ1) is 13.5. The third kappa shape index (κ3) is 7.47. The maximum Gasteiger partial charge on any atom is 0.292 e. The van der Waals surface area contributed by atoms with E-state index in [4.69, 9.17) is 10.00 Å². The Kier molecular flexibility index (Phi) is 10.5.